The summed E-state index contributed by atoms with van der Waals surface area (Å²) < 4.78 is 2.77. The van der Waals surface area contributed by atoms with Crippen LogP contribution in [0.5, 0.6) is 0 Å². The predicted molar refractivity (Wildman–Crippen MR) is 84.0 cm³/mol. The monoisotopic (exact) mass is 330 g/mol. The summed E-state index contributed by atoms with van der Waals surface area (Å²) in [4.78, 5) is 11.0. The van der Waals surface area contributed by atoms with Crippen molar-refractivity contribution in [2.45, 2.75) is 13.5 Å². The molecule has 5 heteroatoms. The second kappa shape index (κ2) is 5.25. The van der Waals surface area contributed by atoms with Crippen molar-refractivity contribution < 1.29 is 0 Å². The standard InChI is InChI=1S/C15H15BrN4/c1-11-4-3-5-12(8-11)9-19(2)15-14-17-6-7-20(14)10-13(16)18-15/h3-8,10H,9H2,1-2H3. The van der Waals surface area contributed by atoms with E-state index < -0.39 is 0 Å². The number of benzene rings is 1. The van der Waals surface area contributed by atoms with Gasteiger partial charge in [-0.1, -0.05) is 29.8 Å². The lowest BCUT2D eigenvalue weighted by Crippen LogP contribution is -2.19. The quantitative estimate of drug-likeness (QED) is 0.737. The van der Waals surface area contributed by atoms with Crippen LogP contribution in [0.3, 0.4) is 0 Å². The molecule has 0 saturated carbocycles. The van der Waals surface area contributed by atoms with E-state index in [1.165, 1.54) is 11.1 Å². The molecule has 0 fully saturated rings. The first-order chi connectivity index (χ1) is 9.63. The first-order valence-corrected chi connectivity index (χ1v) is 7.18. The minimum Gasteiger partial charge on any atom is -0.352 e. The molecule has 0 atom stereocenters. The summed E-state index contributed by atoms with van der Waals surface area (Å²) >= 11 is 3.45. The summed E-state index contributed by atoms with van der Waals surface area (Å²) in [6.07, 6.45) is 5.62. The fourth-order valence-corrected chi connectivity index (χ4v) is 2.69. The number of anilines is 1. The van der Waals surface area contributed by atoms with Crippen LogP contribution >= 0.6 is 15.9 Å². The molecule has 1 aromatic carbocycles. The van der Waals surface area contributed by atoms with E-state index in [-0.39, 0.29) is 0 Å². The van der Waals surface area contributed by atoms with Gasteiger partial charge in [0, 0.05) is 32.2 Å². The van der Waals surface area contributed by atoms with Crippen LogP contribution in [0.2, 0.25) is 0 Å². The minimum atomic E-state index is 0.799. The molecule has 0 saturated heterocycles. The topological polar surface area (TPSA) is 33.4 Å². The molecule has 0 aliphatic carbocycles. The van der Waals surface area contributed by atoms with Crippen LogP contribution in [0.15, 0.2) is 47.5 Å². The number of aryl methyl sites for hydroxylation is 1. The third-order valence-electron chi connectivity index (χ3n) is 3.19. The highest BCUT2D eigenvalue weighted by Crippen LogP contribution is 2.21. The number of hydrogen-bond donors (Lipinski definition) is 0. The Morgan fingerprint density at radius 3 is 3.00 bits per heavy atom. The van der Waals surface area contributed by atoms with E-state index in [0.29, 0.717) is 0 Å². The number of aromatic nitrogens is 3. The molecule has 0 spiro atoms. The Balaban J connectivity index is 1.96. The Morgan fingerprint density at radius 1 is 1.35 bits per heavy atom. The van der Waals surface area contributed by atoms with Gasteiger partial charge >= 0.3 is 0 Å². The second-order valence-corrected chi connectivity index (χ2v) is 5.70. The summed E-state index contributed by atoms with van der Waals surface area (Å²) in [6, 6.07) is 8.51. The molecule has 2 heterocycles. The lowest BCUT2D eigenvalue weighted by molar-refractivity contribution is 0.886. The summed E-state index contributed by atoms with van der Waals surface area (Å²) in [5, 5.41) is 0. The lowest BCUT2D eigenvalue weighted by Gasteiger charge is -2.19. The Morgan fingerprint density at radius 2 is 2.20 bits per heavy atom. The maximum absolute atomic E-state index is 4.55. The molecular formula is C15H15BrN4. The maximum Gasteiger partial charge on any atom is 0.180 e. The van der Waals surface area contributed by atoms with Gasteiger partial charge in [0.15, 0.2) is 11.5 Å². The van der Waals surface area contributed by atoms with Crippen LogP contribution in [0.25, 0.3) is 5.65 Å². The van der Waals surface area contributed by atoms with E-state index in [0.717, 1.165) is 22.6 Å². The van der Waals surface area contributed by atoms with Gasteiger partial charge in [0.1, 0.15) is 4.60 Å². The van der Waals surface area contributed by atoms with Crippen molar-refractivity contribution in [3.05, 3.63) is 58.6 Å². The summed E-state index contributed by atoms with van der Waals surface area (Å²) in [5.74, 6) is 0.867. The van der Waals surface area contributed by atoms with Crippen molar-refractivity contribution in [3.63, 3.8) is 0 Å². The third-order valence-corrected chi connectivity index (χ3v) is 3.57. The van der Waals surface area contributed by atoms with Crippen LogP contribution in [0, 0.1) is 6.92 Å². The average Bonchev–Trinajstić information content (AvgIpc) is 2.85. The molecule has 0 radical (unpaired) electrons. The van der Waals surface area contributed by atoms with Crippen molar-refractivity contribution in [3.8, 4) is 0 Å². The van der Waals surface area contributed by atoms with Gasteiger partial charge in [0.2, 0.25) is 0 Å². The zero-order chi connectivity index (χ0) is 14.1. The highest BCUT2D eigenvalue weighted by molar-refractivity contribution is 9.10. The van der Waals surface area contributed by atoms with Crippen molar-refractivity contribution in [2.24, 2.45) is 0 Å². The number of halogens is 1. The van der Waals surface area contributed by atoms with Gasteiger partial charge in [-0.3, -0.25) is 0 Å². The van der Waals surface area contributed by atoms with Crippen molar-refractivity contribution in [2.75, 3.05) is 11.9 Å². The van der Waals surface area contributed by atoms with Crippen molar-refractivity contribution in [1.29, 1.82) is 0 Å². The number of rotatable bonds is 3. The SMILES string of the molecule is Cc1cccc(CN(C)c2nc(Br)cn3ccnc23)c1. The number of hydrogen-bond acceptors (Lipinski definition) is 3. The highest BCUT2D eigenvalue weighted by atomic mass is 79.9. The normalized spacial score (nSPS) is 10.9. The number of fused-ring (bicyclic) bond motifs is 1. The van der Waals surface area contributed by atoms with Crippen LogP contribution in [0.4, 0.5) is 5.82 Å². The number of imidazole rings is 1. The highest BCUT2D eigenvalue weighted by Gasteiger charge is 2.11. The van der Waals surface area contributed by atoms with E-state index in [1.807, 2.05) is 23.8 Å². The molecule has 0 aliphatic rings. The van der Waals surface area contributed by atoms with Crippen LogP contribution in [-0.4, -0.2) is 21.4 Å². The molecular weight excluding hydrogens is 316 g/mol. The van der Waals surface area contributed by atoms with E-state index in [4.69, 9.17) is 0 Å². The molecule has 0 N–H and O–H groups in total. The Bertz CT molecular complexity index is 750. The van der Waals surface area contributed by atoms with Crippen LogP contribution < -0.4 is 4.90 Å². The van der Waals surface area contributed by atoms with Gasteiger partial charge in [0.05, 0.1) is 0 Å². The van der Waals surface area contributed by atoms with Gasteiger partial charge in [-0.2, -0.15) is 0 Å². The molecule has 2 aromatic heterocycles. The first kappa shape index (κ1) is 13.1. The molecule has 3 rings (SSSR count). The Hall–Kier alpha value is -1.88. The van der Waals surface area contributed by atoms with Gasteiger partial charge < -0.3 is 9.30 Å². The van der Waals surface area contributed by atoms with E-state index in [1.54, 1.807) is 6.20 Å². The third kappa shape index (κ3) is 2.54. The Kier molecular flexibility index (Phi) is 3.44. The fraction of sp³-hybridized carbons (Fsp3) is 0.200. The van der Waals surface area contributed by atoms with Gasteiger partial charge in [-0.05, 0) is 28.4 Å². The van der Waals surface area contributed by atoms with Gasteiger partial charge in [-0.15, -0.1) is 0 Å². The van der Waals surface area contributed by atoms with Crippen molar-refractivity contribution in [1.82, 2.24) is 14.4 Å². The fourth-order valence-electron chi connectivity index (χ4n) is 2.30. The molecule has 0 bridgehead atoms. The largest absolute Gasteiger partial charge is 0.352 e. The Labute approximate surface area is 126 Å². The van der Waals surface area contributed by atoms with Gasteiger partial charge in [0.25, 0.3) is 0 Å². The zero-order valence-electron chi connectivity index (χ0n) is 11.4. The number of nitrogens with zero attached hydrogens (tertiary/aromatic N) is 4. The van der Waals surface area contributed by atoms with E-state index >= 15 is 0 Å². The second-order valence-electron chi connectivity index (χ2n) is 4.89. The maximum atomic E-state index is 4.55. The predicted octanol–water partition coefficient (Wildman–Crippen LogP) is 3.44. The zero-order valence-corrected chi connectivity index (χ0v) is 13.0. The van der Waals surface area contributed by atoms with Gasteiger partial charge in [-0.25, -0.2) is 9.97 Å². The molecule has 20 heavy (non-hydrogen) atoms. The average molecular weight is 331 g/mol. The molecule has 0 amide bonds. The smallest absolute Gasteiger partial charge is 0.180 e. The first-order valence-electron chi connectivity index (χ1n) is 6.39. The summed E-state index contributed by atoms with van der Waals surface area (Å²) in [6.45, 7) is 2.90. The van der Waals surface area contributed by atoms with Crippen LogP contribution in [0.1, 0.15) is 11.1 Å². The molecule has 3 aromatic rings. The summed E-state index contributed by atoms with van der Waals surface area (Å²) in [7, 11) is 2.03. The molecule has 0 unspecified atom stereocenters. The van der Waals surface area contributed by atoms with Crippen LogP contribution in [-0.2, 0) is 6.54 Å². The van der Waals surface area contributed by atoms with E-state index in [2.05, 4.69) is 62.0 Å². The van der Waals surface area contributed by atoms with E-state index in [9.17, 15) is 0 Å². The molecule has 0 aliphatic heterocycles. The minimum absolute atomic E-state index is 0.799. The summed E-state index contributed by atoms with van der Waals surface area (Å²) in [5.41, 5.74) is 3.39. The lowest BCUT2D eigenvalue weighted by atomic mass is 10.1. The molecule has 4 nitrogen and oxygen atoms in total. The van der Waals surface area contributed by atoms with Crippen molar-refractivity contribution >= 4 is 27.4 Å². The molecule has 102 valence electrons.